The molecule has 1 fully saturated rings. The highest BCUT2D eigenvalue weighted by Crippen LogP contribution is 2.28. The molecule has 29 heavy (non-hydrogen) atoms. The van der Waals surface area contributed by atoms with Crippen molar-refractivity contribution in [1.29, 1.82) is 0 Å². The lowest BCUT2D eigenvalue weighted by Crippen LogP contribution is -2.37. The van der Waals surface area contributed by atoms with E-state index in [-0.39, 0.29) is 12.5 Å². The lowest BCUT2D eigenvalue weighted by molar-refractivity contribution is -0.134. The quantitative estimate of drug-likeness (QED) is 0.646. The first-order valence-corrected chi connectivity index (χ1v) is 9.57. The molecule has 9 nitrogen and oxygen atoms in total. The first-order valence-electron chi connectivity index (χ1n) is 9.57. The van der Waals surface area contributed by atoms with Crippen LogP contribution in [0.25, 0.3) is 16.9 Å². The molecule has 0 saturated carbocycles. The van der Waals surface area contributed by atoms with Crippen LogP contribution in [0.15, 0.2) is 36.7 Å². The number of hydrogen-bond donors (Lipinski definition) is 0. The van der Waals surface area contributed by atoms with Crippen molar-refractivity contribution in [1.82, 2.24) is 24.7 Å². The Hall–Kier alpha value is -3.20. The smallest absolute Gasteiger partial charge is 0.248 e. The molecule has 0 radical (unpaired) electrons. The maximum atomic E-state index is 12.2. The topological polar surface area (TPSA) is 85.1 Å². The summed E-state index contributed by atoms with van der Waals surface area (Å²) in [5.74, 6) is 0.823. The Morgan fingerprint density at radius 1 is 1.10 bits per heavy atom. The number of anilines is 1. The highest BCUT2D eigenvalue weighted by molar-refractivity contribution is 5.78. The number of amides is 1. The van der Waals surface area contributed by atoms with Crippen LogP contribution < -0.4 is 9.64 Å². The molecule has 9 heteroatoms. The summed E-state index contributed by atoms with van der Waals surface area (Å²) in [6.45, 7) is 3.02. The Bertz CT molecular complexity index is 988. The lowest BCUT2D eigenvalue weighted by Gasteiger charge is -2.24. The summed E-state index contributed by atoms with van der Waals surface area (Å²) < 4.78 is 11.9. The lowest BCUT2D eigenvalue weighted by atomic mass is 10.1. The van der Waals surface area contributed by atoms with E-state index in [1.807, 2.05) is 35.2 Å². The molecule has 0 spiro atoms. The van der Waals surface area contributed by atoms with Crippen LogP contribution >= 0.6 is 0 Å². The number of benzene rings is 1. The predicted molar refractivity (Wildman–Crippen MR) is 108 cm³/mol. The third-order valence-corrected chi connectivity index (χ3v) is 5.09. The van der Waals surface area contributed by atoms with Crippen LogP contribution in [0.1, 0.15) is 6.42 Å². The van der Waals surface area contributed by atoms with Gasteiger partial charge in [0, 0.05) is 38.9 Å². The van der Waals surface area contributed by atoms with E-state index in [1.165, 1.54) is 0 Å². The van der Waals surface area contributed by atoms with Crippen LogP contribution in [0.3, 0.4) is 0 Å². The van der Waals surface area contributed by atoms with Gasteiger partial charge in [0.25, 0.3) is 0 Å². The third-order valence-electron chi connectivity index (χ3n) is 5.09. The van der Waals surface area contributed by atoms with Gasteiger partial charge in [0.15, 0.2) is 0 Å². The minimum absolute atomic E-state index is 0.0237. The van der Waals surface area contributed by atoms with Gasteiger partial charge in [-0.25, -0.2) is 0 Å². The monoisotopic (exact) mass is 396 g/mol. The van der Waals surface area contributed by atoms with E-state index >= 15 is 0 Å². The molecule has 1 aromatic carbocycles. The molecular weight excluding hydrogens is 372 g/mol. The molecule has 0 unspecified atom stereocenters. The molecule has 3 heterocycles. The molecule has 1 amide bonds. The molecule has 2 aromatic heterocycles. The second-order valence-corrected chi connectivity index (χ2v) is 6.90. The van der Waals surface area contributed by atoms with Gasteiger partial charge >= 0.3 is 0 Å². The molecule has 0 aliphatic carbocycles. The molecule has 152 valence electrons. The van der Waals surface area contributed by atoms with E-state index in [2.05, 4.69) is 20.2 Å². The molecular formula is C20H24N6O3. The summed E-state index contributed by atoms with van der Waals surface area (Å²) in [6.07, 6.45) is 2.48. The van der Waals surface area contributed by atoms with Gasteiger partial charge < -0.3 is 19.3 Å². The zero-order valence-electron chi connectivity index (χ0n) is 16.6. The zero-order chi connectivity index (χ0) is 20.2. The second kappa shape index (κ2) is 8.44. The van der Waals surface area contributed by atoms with Gasteiger partial charge in [-0.2, -0.15) is 9.61 Å². The molecule has 0 atom stereocenters. The number of carbonyl (C=O) groups is 1. The molecule has 0 bridgehead atoms. The first-order chi connectivity index (χ1) is 14.2. The number of carbonyl (C=O) groups excluding carboxylic acids is 1. The van der Waals surface area contributed by atoms with Gasteiger partial charge in [-0.15, -0.1) is 10.2 Å². The summed E-state index contributed by atoms with van der Waals surface area (Å²) in [6, 6.07) is 9.83. The maximum absolute atomic E-state index is 12.2. The second-order valence-electron chi connectivity index (χ2n) is 6.90. The number of hydrogen-bond acceptors (Lipinski definition) is 7. The summed E-state index contributed by atoms with van der Waals surface area (Å²) in [5.41, 5.74) is 3.48. The number of ether oxygens (including phenoxy) is 2. The Kier molecular flexibility index (Phi) is 5.57. The van der Waals surface area contributed by atoms with Crippen molar-refractivity contribution in [3.05, 3.63) is 36.7 Å². The summed E-state index contributed by atoms with van der Waals surface area (Å²) >= 11 is 0. The van der Waals surface area contributed by atoms with Crippen LogP contribution in [0.5, 0.6) is 5.75 Å². The fourth-order valence-electron chi connectivity index (χ4n) is 3.57. The number of aromatic nitrogens is 4. The van der Waals surface area contributed by atoms with Crippen LogP contribution in [-0.2, 0) is 9.53 Å². The van der Waals surface area contributed by atoms with Gasteiger partial charge in [-0.05, 0) is 36.8 Å². The summed E-state index contributed by atoms with van der Waals surface area (Å²) in [5, 5.41) is 12.9. The maximum Gasteiger partial charge on any atom is 0.248 e. The van der Waals surface area contributed by atoms with Gasteiger partial charge in [-0.3, -0.25) is 4.79 Å². The Morgan fingerprint density at radius 3 is 2.69 bits per heavy atom. The van der Waals surface area contributed by atoms with Crippen LogP contribution in [0.4, 0.5) is 5.69 Å². The number of rotatable bonds is 5. The molecule has 0 N–H and O–H groups in total. The van der Waals surface area contributed by atoms with Crippen LogP contribution in [0, 0.1) is 0 Å². The summed E-state index contributed by atoms with van der Waals surface area (Å²) in [4.78, 5) is 16.3. The first kappa shape index (κ1) is 19.1. The van der Waals surface area contributed by atoms with Crippen LogP contribution in [0.2, 0.25) is 0 Å². The van der Waals surface area contributed by atoms with E-state index < -0.39 is 0 Å². The molecule has 4 rings (SSSR count). The zero-order valence-corrected chi connectivity index (χ0v) is 16.6. The Balaban J connectivity index is 1.64. The fraction of sp³-hybridized carbons (Fsp3) is 0.400. The van der Waals surface area contributed by atoms with Crippen molar-refractivity contribution >= 4 is 17.2 Å². The van der Waals surface area contributed by atoms with Crippen molar-refractivity contribution in [2.24, 2.45) is 0 Å². The van der Waals surface area contributed by atoms with Crippen LogP contribution in [-0.4, -0.2) is 77.6 Å². The van der Waals surface area contributed by atoms with Gasteiger partial charge in [0.1, 0.15) is 18.7 Å². The third kappa shape index (κ3) is 4.00. The minimum atomic E-state index is 0.0237. The Labute approximate surface area is 168 Å². The van der Waals surface area contributed by atoms with E-state index in [0.717, 1.165) is 42.2 Å². The van der Waals surface area contributed by atoms with Crippen molar-refractivity contribution in [3.63, 3.8) is 0 Å². The van der Waals surface area contributed by atoms with Gasteiger partial charge in [-0.1, -0.05) is 0 Å². The van der Waals surface area contributed by atoms with Crippen molar-refractivity contribution in [2.45, 2.75) is 6.42 Å². The average molecular weight is 396 g/mol. The van der Waals surface area contributed by atoms with Crippen molar-refractivity contribution in [3.8, 4) is 17.0 Å². The Morgan fingerprint density at radius 2 is 1.93 bits per heavy atom. The minimum Gasteiger partial charge on any atom is -0.497 e. The van der Waals surface area contributed by atoms with E-state index in [1.54, 1.807) is 25.1 Å². The average Bonchev–Trinajstić information content (AvgIpc) is 3.09. The van der Waals surface area contributed by atoms with E-state index in [0.29, 0.717) is 18.7 Å². The fourth-order valence-corrected chi connectivity index (χ4v) is 3.57. The van der Waals surface area contributed by atoms with Crippen molar-refractivity contribution in [2.75, 3.05) is 51.9 Å². The SMILES string of the molecule is COCC(=O)N1CCCN(c2cc(-c3ccc(OC)cc3)nn3cnnc23)CC1. The number of nitrogens with zero attached hydrogens (tertiary/aromatic N) is 6. The van der Waals surface area contributed by atoms with Gasteiger partial charge in [0.2, 0.25) is 11.6 Å². The van der Waals surface area contributed by atoms with Gasteiger partial charge in [0.05, 0.1) is 18.5 Å². The summed E-state index contributed by atoms with van der Waals surface area (Å²) in [7, 11) is 3.19. The molecule has 1 saturated heterocycles. The normalized spacial score (nSPS) is 14.8. The highest BCUT2D eigenvalue weighted by atomic mass is 16.5. The molecule has 1 aliphatic rings. The van der Waals surface area contributed by atoms with Crippen molar-refractivity contribution < 1.29 is 14.3 Å². The molecule has 1 aliphatic heterocycles. The number of methoxy groups -OCH3 is 2. The molecule has 3 aromatic rings. The number of fused-ring (bicyclic) bond motifs is 1. The standard InChI is InChI=1S/C20H24N6O3/c1-28-13-19(27)25-9-3-8-24(10-11-25)18-12-17(23-26-14-21-22-20(18)26)15-4-6-16(29-2)7-5-15/h4-7,12,14H,3,8-11,13H2,1-2H3. The van der Waals surface area contributed by atoms with E-state index in [4.69, 9.17) is 9.47 Å². The highest BCUT2D eigenvalue weighted by Gasteiger charge is 2.22. The van der Waals surface area contributed by atoms with E-state index in [9.17, 15) is 4.79 Å². The predicted octanol–water partition coefficient (Wildman–Crippen LogP) is 1.48. The largest absolute Gasteiger partial charge is 0.497 e.